The minimum atomic E-state index is -0.0192. The molecule has 0 bridgehead atoms. The number of amides is 1. The maximum absolute atomic E-state index is 12.0. The Hall–Kier alpha value is -0.610. The second-order valence-corrected chi connectivity index (χ2v) is 5.50. The predicted molar refractivity (Wildman–Crippen MR) is 64.0 cm³/mol. The normalized spacial score (nSPS) is 33.3. The number of carbonyl (C=O) groups excluding carboxylic acids is 1. The molecule has 1 aliphatic heterocycles. The number of hydrogen-bond acceptors (Lipinski definition) is 3. The molecule has 16 heavy (non-hydrogen) atoms. The summed E-state index contributed by atoms with van der Waals surface area (Å²) in [6.07, 6.45) is 3.90. The first-order valence-electron chi connectivity index (χ1n) is 6.20. The lowest BCUT2D eigenvalue weighted by Crippen LogP contribution is -2.58. The summed E-state index contributed by atoms with van der Waals surface area (Å²) in [5, 5.41) is 3.28. The van der Waals surface area contributed by atoms with Gasteiger partial charge in [0.05, 0.1) is 12.2 Å². The first kappa shape index (κ1) is 11.9. The van der Waals surface area contributed by atoms with Gasteiger partial charge in [-0.2, -0.15) is 0 Å². The molecule has 2 rings (SSSR count). The van der Waals surface area contributed by atoms with Crippen molar-refractivity contribution in [3.63, 3.8) is 0 Å². The number of nitrogens with zero attached hydrogens (tertiary/aromatic N) is 2. The molecule has 2 unspecified atom stereocenters. The Morgan fingerprint density at radius 2 is 2.06 bits per heavy atom. The van der Waals surface area contributed by atoms with Crippen molar-refractivity contribution in [3.05, 3.63) is 0 Å². The molecule has 1 saturated carbocycles. The van der Waals surface area contributed by atoms with Gasteiger partial charge in [0.15, 0.2) is 0 Å². The molecule has 0 radical (unpaired) electrons. The van der Waals surface area contributed by atoms with Crippen molar-refractivity contribution >= 4 is 5.91 Å². The van der Waals surface area contributed by atoms with Crippen LogP contribution in [0, 0.1) is 0 Å². The molecule has 0 aromatic heterocycles. The molecular weight excluding hydrogens is 202 g/mol. The predicted octanol–water partition coefficient (Wildman–Crippen LogP) is 0.637. The fraction of sp³-hybridized carbons (Fsp3) is 0.917. The van der Waals surface area contributed by atoms with E-state index in [0.29, 0.717) is 0 Å². The fourth-order valence-electron chi connectivity index (χ4n) is 2.83. The third kappa shape index (κ3) is 1.74. The first-order chi connectivity index (χ1) is 7.46. The van der Waals surface area contributed by atoms with Crippen molar-refractivity contribution in [3.8, 4) is 0 Å². The van der Waals surface area contributed by atoms with Crippen molar-refractivity contribution < 1.29 is 4.79 Å². The highest BCUT2D eigenvalue weighted by molar-refractivity contribution is 5.83. The van der Waals surface area contributed by atoms with Gasteiger partial charge in [-0.1, -0.05) is 0 Å². The van der Waals surface area contributed by atoms with Crippen LogP contribution in [0.1, 0.15) is 33.1 Å². The average Bonchev–Trinajstić information content (AvgIpc) is 2.36. The molecule has 1 amide bonds. The van der Waals surface area contributed by atoms with E-state index in [9.17, 15) is 4.79 Å². The van der Waals surface area contributed by atoms with Crippen LogP contribution in [-0.4, -0.2) is 54.1 Å². The van der Waals surface area contributed by atoms with Crippen LogP contribution in [0.4, 0.5) is 0 Å². The summed E-state index contributed by atoms with van der Waals surface area (Å²) in [5.41, 5.74) is 0.232. The Kier molecular flexibility index (Phi) is 2.97. The fourth-order valence-corrected chi connectivity index (χ4v) is 2.83. The summed E-state index contributed by atoms with van der Waals surface area (Å²) >= 11 is 0. The van der Waals surface area contributed by atoms with Crippen LogP contribution >= 0.6 is 0 Å². The molecule has 2 atom stereocenters. The summed E-state index contributed by atoms with van der Waals surface area (Å²) in [5.74, 6) is 0.251. The van der Waals surface area contributed by atoms with Gasteiger partial charge in [-0.05, 0) is 47.2 Å². The average molecular weight is 225 g/mol. The molecule has 0 aromatic carbocycles. The molecule has 4 heteroatoms. The Bertz CT molecular complexity index is 286. The lowest BCUT2D eigenvalue weighted by molar-refractivity contribution is -0.132. The van der Waals surface area contributed by atoms with E-state index in [4.69, 9.17) is 0 Å². The third-order valence-corrected chi connectivity index (χ3v) is 4.31. The molecule has 0 spiro atoms. The first-order valence-corrected chi connectivity index (χ1v) is 6.20. The molecule has 1 aliphatic carbocycles. The Balaban J connectivity index is 2.06. The van der Waals surface area contributed by atoms with Crippen molar-refractivity contribution in [1.29, 1.82) is 0 Å². The Labute approximate surface area is 98.0 Å². The third-order valence-electron chi connectivity index (χ3n) is 4.31. The number of likely N-dealkylation sites (N-methyl/N-ethyl adjacent to an activating group) is 1. The van der Waals surface area contributed by atoms with E-state index in [1.54, 1.807) is 0 Å². The largest absolute Gasteiger partial charge is 0.324 e. The summed E-state index contributed by atoms with van der Waals surface area (Å²) in [7, 11) is 4.25. The lowest BCUT2D eigenvalue weighted by Gasteiger charge is -2.49. The van der Waals surface area contributed by atoms with Crippen LogP contribution in [-0.2, 0) is 4.79 Å². The summed E-state index contributed by atoms with van der Waals surface area (Å²) in [4.78, 5) is 16.3. The van der Waals surface area contributed by atoms with Crippen molar-refractivity contribution in [2.75, 3.05) is 20.6 Å². The molecule has 2 fully saturated rings. The topological polar surface area (TPSA) is 35.6 Å². The van der Waals surface area contributed by atoms with Gasteiger partial charge in [0.1, 0.15) is 0 Å². The number of rotatable bonds is 3. The van der Waals surface area contributed by atoms with Crippen LogP contribution in [0.25, 0.3) is 0 Å². The van der Waals surface area contributed by atoms with Gasteiger partial charge in [0.25, 0.3) is 0 Å². The van der Waals surface area contributed by atoms with E-state index in [-0.39, 0.29) is 23.7 Å². The lowest BCUT2D eigenvalue weighted by atomic mass is 9.75. The molecule has 1 N–H and O–H groups in total. The van der Waals surface area contributed by atoms with Crippen molar-refractivity contribution in [1.82, 2.24) is 15.1 Å². The van der Waals surface area contributed by atoms with E-state index in [1.807, 2.05) is 11.8 Å². The molecule has 0 aromatic rings. The van der Waals surface area contributed by atoms with E-state index in [0.717, 1.165) is 6.54 Å². The highest BCUT2D eigenvalue weighted by atomic mass is 16.2. The minimum Gasteiger partial charge on any atom is -0.324 e. The quantitative estimate of drug-likeness (QED) is 0.765. The number of nitrogens with one attached hydrogen (secondary N) is 1. The monoisotopic (exact) mass is 225 g/mol. The van der Waals surface area contributed by atoms with Crippen LogP contribution in [0.15, 0.2) is 0 Å². The van der Waals surface area contributed by atoms with Gasteiger partial charge in [-0.15, -0.1) is 0 Å². The van der Waals surface area contributed by atoms with Crippen LogP contribution < -0.4 is 5.32 Å². The van der Waals surface area contributed by atoms with Gasteiger partial charge in [-0.25, -0.2) is 0 Å². The Morgan fingerprint density at radius 1 is 1.44 bits per heavy atom. The smallest absolute Gasteiger partial charge is 0.240 e. The summed E-state index contributed by atoms with van der Waals surface area (Å²) < 4.78 is 0. The van der Waals surface area contributed by atoms with E-state index >= 15 is 0 Å². The molecule has 92 valence electrons. The zero-order valence-corrected chi connectivity index (χ0v) is 10.8. The van der Waals surface area contributed by atoms with Gasteiger partial charge < -0.3 is 9.80 Å². The maximum atomic E-state index is 12.0. The molecule has 1 saturated heterocycles. The number of hydrogen-bond donors (Lipinski definition) is 1. The van der Waals surface area contributed by atoms with E-state index < -0.39 is 0 Å². The maximum Gasteiger partial charge on any atom is 0.240 e. The Morgan fingerprint density at radius 3 is 2.38 bits per heavy atom. The molecule has 1 heterocycles. The zero-order valence-electron chi connectivity index (χ0n) is 10.8. The summed E-state index contributed by atoms with van der Waals surface area (Å²) in [6, 6.07) is -0.0192. The molecular formula is C12H23N3O. The highest BCUT2D eigenvalue weighted by Crippen LogP contribution is 2.37. The van der Waals surface area contributed by atoms with Crippen LogP contribution in [0.5, 0.6) is 0 Å². The highest BCUT2D eigenvalue weighted by Gasteiger charge is 2.44. The number of carbonyl (C=O) groups is 1. The van der Waals surface area contributed by atoms with Crippen LogP contribution in [0.3, 0.4) is 0 Å². The standard InChI is InChI=1S/C12H23N3O/c1-9-11(16)15(10(2)13-9)8-12(14(3)4)6-5-7-12/h9-10,13H,5-8H2,1-4H3. The van der Waals surface area contributed by atoms with Gasteiger partial charge in [0, 0.05) is 12.1 Å². The van der Waals surface area contributed by atoms with Gasteiger partial charge >= 0.3 is 0 Å². The molecule has 2 aliphatic rings. The van der Waals surface area contributed by atoms with Crippen LogP contribution in [0.2, 0.25) is 0 Å². The van der Waals surface area contributed by atoms with E-state index in [1.165, 1.54) is 19.3 Å². The van der Waals surface area contributed by atoms with Gasteiger partial charge in [0.2, 0.25) is 5.91 Å². The summed E-state index contributed by atoms with van der Waals surface area (Å²) in [6.45, 7) is 4.89. The minimum absolute atomic E-state index is 0.0192. The van der Waals surface area contributed by atoms with Crippen molar-refractivity contribution in [2.45, 2.75) is 50.9 Å². The van der Waals surface area contributed by atoms with Crippen molar-refractivity contribution in [2.24, 2.45) is 0 Å². The second-order valence-electron chi connectivity index (χ2n) is 5.50. The van der Waals surface area contributed by atoms with E-state index in [2.05, 4.69) is 31.2 Å². The van der Waals surface area contributed by atoms with Gasteiger partial charge in [-0.3, -0.25) is 10.1 Å². The zero-order chi connectivity index (χ0) is 11.9. The SMILES string of the molecule is CC1NC(C)N(CC2(N(C)C)CCC2)C1=O. The molecule has 4 nitrogen and oxygen atoms in total. The second kappa shape index (κ2) is 4.00.